The second-order valence-electron chi connectivity index (χ2n) is 4.02. The first kappa shape index (κ1) is 15.8. The second kappa shape index (κ2) is 9.99. The summed E-state index contributed by atoms with van der Waals surface area (Å²) in [5.41, 5.74) is 5.89. The van der Waals surface area contributed by atoms with Crippen molar-refractivity contribution in [1.82, 2.24) is 0 Å². The predicted molar refractivity (Wildman–Crippen MR) is 62.3 cm³/mol. The molecule has 0 heterocycles. The maximum atomic E-state index is 9.12. The van der Waals surface area contributed by atoms with Crippen molar-refractivity contribution in [1.29, 1.82) is 0 Å². The van der Waals surface area contributed by atoms with Gasteiger partial charge in [-0.05, 0) is 5.92 Å². The van der Waals surface area contributed by atoms with Gasteiger partial charge in [-0.2, -0.15) is 0 Å². The molecule has 3 N–H and O–H groups in total. The number of hydrogen-bond donors (Lipinski definition) is 2. The van der Waals surface area contributed by atoms with E-state index in [-0.39, 0.29) is 24.7 Å². The topological polar surface area (TPSA) is 73.9 Å². The fraction of sp³-hybridized carbons (Fsp3) is 1.00. The summed E-state index contributed by atoms with van der Waals surface area (Å²) in [6.45, 7) is 6.02. The molecular weight excluding hydrogens is 210 g/mol. The summed E-state index contributed by atoms with van der Waals surface area (Å²) < 4.78 is 15.5. The SMILES string of the molecule is COCCOCCOC(CO)C(N)C(C)C. The lowest BCUT2D eigenvalue weighted by molar-refractivity contribution is -0.0410. The Morgan fingerprint density at radius 3 is 2.25 bits per heavy atom. The molecule has 0 bridgehead atoms. The Bertz CT molecular complexity index is 155. The molecule has 0 amide bonds. The summed E-state index contributed by atoms with van der Waals surface area (Å²) in [5, 5.41) is 9.12. The number of aliphatic hydroxyl groups is 1. The molecule has 5 nitrogen and oxygen atoms in total. The Hall–Kier alpha value is -0.200. The average Bonchev–Trinajstić information content (AvgIpc) is 2.27. The van der Waals surface area contributed by atoms with Crippen LogP contribution in [-0.4, -0.2) is 57.4 Å². The van der Waals surface area contributed by atoms with Crippen molar-refractivity contribution in [2.45, 2.75) is 26.0 Å². The fourth-order valence-electron chi connectivity index (χ4n) is 1.22. The van der Waals surface area contributed by atoms with E-state index in [0.29, 0.717) is 26.4 Å². The molecule has 0 aliphatic carbocycles. The third kappa shape index (κ3) is 7.14. The molecule has 5 heteroatoms. The van der Waals surface area contributed by atoms with E-state index in [0.717, 1.165) is 0 Å². The lowest BCUT2D eigenvalue weighted by Crippen LogP contribution is -2.43. The number of aliphatic hydroxyl groups excluding tert-OH is 1. The molecule has 0 fully saturated rings. The van der Waals surface area contributed by atoms with Crippen LogP contribution in [0.25, 0.3) is 0 Å². The molecule has 2 unspecified atom stereocenters. The van der Waals surface area contributed by atoms with E-state index in [1.54, 1.807) is 7.11 Å². The highest BCUT2D eigenvalue weighted by Crippen LogP contribution is 2.06. The number of hydrogen-bond acceptors (Lipinski definition) is 5. The number of rotatable bonds is 10. The van der Waals surface area contributed by atoms with Crippen molar-refractivity contribution in [2.24, 2.45) is 11.7 Å². The van der Waals surface area contributed by atoms with Crippen molar-refractivity contribution in [3.63, 3.8) is 0 Å². The predicted octanol–water partition coefficient (Wildman–Crippen LogP) is 0.0102. The molecule has 0 radical (unpaired) electrons. The van der Waals surface area contributed by atoms with Crippen LogP contribution in [-0.2, 0) is 14.2 Å². The van der Waals surface area contributed by atoms with E-state index in [4.69, 9.17) is 25.1 Å². The zero-order valence-corrected chi connectivity index (χ0v) is 10.5. The van der Waals surface area contributed by atoms with E-state index < -0.39 is 0 Å². The van der Waals surface area contributed by atoms with Crippen LogP contribution in [0, 0.1) is 5.92 Å². The third-order valence-electron chi connectivity index (χ3n) is 2.37. The molecule has 0 aromatic carbocycles. The van der Waals surface area contributed by atoms with Gasteiger partial charge in [-0.3, -0.25) is 0 Å². The number of nitrogens with two attached hydrogens (primary N) is 1. The Balaban J connectivity index is 3.55. The van der Waals surface area contributed by atoms with Crippen LogP contribution in [0.1, 0.15) is 13.8 Å². The summed E-state index contributed by atoms with van der Waals surface area (Å²) in [7, 11) is 1.63. The van der Waals surface area contributed by atoms with Gasteiger partial charge < -0.3 is 25.1 Å². The van der Waals surface area contributed by atoms with Crippen molar-refractivity contribution in [3.05, 3.63) is 0 Å². The average molecular weight is 235 g/mol. The molecule has 0 saturated carbocycles. The monoisotopic (exact) mass is 235 g/mol. The van der Waals surface area contributed by atoms with E-state index in [1.807, 2.05) is 13.8 Å². The van der Waals surface area contributed by atoms with Gasteiger partial charge >= 0.3 is 0 Å². The fourth-order valence-corrected chi connectivity index (χ4v) is 1.22. The zero-order chi connectivity index (χ0) is 12.4. The summed E-state index contributed by atoms with van der Waals surface area (Å²) in [6.07, 6.45) is -0.314. The van der Waals surface area contributed by atoms with Gasteiger partial charge in [0.1, 0.15) is 0 Å². The summed E-state index contributed by atoms with van der Waals surface area (Å²) in [5.74, 6) is 0.284. The Kier molecular flexibility index (Phi) is 9.86. The van der Waals surface area contributed by atoms with E-state index in [9.17, 15) is 0 Å². The van der Waals surface area contributed by atoms with Crippen LogP contribution in [0.5, 0.6) is 0 Å². The van der Waals surface area contributed by atoms with Gasteiger partial charge in [0.05, 0.1) is 39.1 Å². The molecule has 0 aromatic heterocycles. The molecule has 98 valence electrons. The standard InChI is InChI=1S/C11H25NO4/c1-9(2)11(12)10(8-13)16-7-6-15-5-4-14-3/h9-11,13H,4-8,12H2,1-3H3. The van der Waals surface area contributed by atoms with Crippen LogP contribution in [0.15, 0.2) is 0 Å². The minimum atomic E-state index is -0.314. The quantitative estimate of drug-likeness (QED) is 0.522. The van der Waals surface area contributed by atoms with Crippen molar-refractivity contribution >= 4 is 0 Å². The van der Waals surface area contributed by atoms with Crippen LogP contribution in [0.3, 0.4) is 0 Å². The maximum absolute atomic E-state index is 9.12. The molecule has 0 aliphatic rings. The van der Waals surface area contributed by atoms with Gasteiger partial charge in [0.15, 0.2) is 0 Å². The van der Waals surface area contributed by atoms with Gasteiger partial charge in [0.25, 0.3) is 0 Å². The Morgan fingerprint density at radius 1 is 1.12 bits per heavy atom. The minimum Gasteiger partial charge on any atom is -0.394 e. The van der Waals surface area contributed by atoms with Crippen molar-refractivity contribution in [2.75, 3.05) is 40.1 Å². The van der Waals surface area contributed by atoms with Gasteiger partial charge in [-0.1, -0.05) is 13.8 Å². The molecule has 0 aliphatic heterocycles. The third-order valence-corrected chi connectivity index (χ3v) is 2.37. The Labute approximate surface area is 97.9 Å². The first-order valence-electron chi connectivity index (χ1n) is 5.68. The largest absolute Gasteiger partial charge is 0.394 e. The second-order valence-corrected chi connectivity index (χ2v) is 4.02. The summed E-state index contributed by atoms with van der Waals surface area (Å²) in [4.78, 5) is 0. The van der Waals surface area contributed by atoms with Gasteiger partial charge in [-0.15, -0.1) is 0 Å². The molecule has 0 spiro atoms. The summed E-state index contributed by atoms with van der Waals surface area (Å²) in [6, 6.07) is -0.149. The smallest absolute Gasteiger partial charge is 0.0959 e. The van der Waals surface area contributed by atoms with E-state index in [2.05, 4.69) is 0 Å². The minimum absolute atomic E-state index is 0.0581. The lowest BCUT2D eigenvalue weighted by atomic mass is 10.0. The van der Waals surface area contributed by atoms with E-state index >= 15 is 0 Å². The van der Waals surface area contributed by atoms with Crippen LogP contribution < -0.4 is 5.73 Å². The summed E-state index contributed by atoms with van der Waals surface area (Å²) >= 11 is 0. The maximum Gasteiger partial charge on any atom is 0.0959 e. The first-order valence-corrected chi connectivity index (χ1v) is 5.68. The highest BCUT2D eigenvalue weighted by molar-refractivity contribution is 4.75. The van der Waals surface area contributed by atoms with Crippen molar-refractivity contribution in [3.8, 4) is 0 Å². The van der Waals surface area contributed by atoms with Gasteiger partial charge in [0.2, 0.25) is 0 Å². The van der Waals surface area contributed by atoms with Crippen LogP contribution in [0.4, 0.5) is 0 Å². The lowest BCUT2D eigenvalue weighted by Gasteiger charge is -2.25. The number of methoxy groups -OCH3 is 1. The zero-order valence-electron chi connectivity index (χ0n) is 10.5. The van der Waals surface area contributed by atoms with Crippen LogP contribution in [0.2, 0.25) is 0 Å². The normalized spacial score (nSPS) is 15.4. The number of ether oxygens (including phenoxy) is 3. The molecule has 0 rings (SSSR count). The molecule has 0 saturated heterocycles. The molecule has 0 aromatic rings. The van der Waals surface area contributed by atoms with Gasteiger partial charge in [-0.25, -0.2) is 0 Å². The highest BCUT2D eigenvalue weighted by atomic mass is 16.5. The van der Waals surface area contributed by atoms with Crippen molar-refractivity contribution < 1.29 is 19.3 Å². The molecule has 2 atom stereocenters. The first-order chi connectivity index (χ1) is 7.63. The van der Waals surface area contributed by atoms with E-state index in [1.165, 1.54) is 0 Å². The molecule has 16 heavy (non-hydrogen) atoms. The van der Waals surface area contributed by atoms with Crippen LogP contribution >= 0.6 is 0 Å². The highest BCUT2D eigenvalue weighted by Gasteiger charge is 2.20. The van der Waals surface area contributed by atoms with Gasteiger partial charge in [0, 0.05) is 13.2 Å². The molecular formula is C11H25NO4. The Morgan fingerprint density at radius 2 is 1.75 bits per heavy atom.